The van der Waals surface area contributed by atoms with Crippen LogP contribution >= 0.6 is 11.6 Å². The highest BCUT2D eigenvalue weighted by Gasteiger charge is 2.22. The third kappa shape index (κ3) is 3.64. The van der Waals surface area contributed by atoms with E-state index in [1.165, 1.54) is 6.07 Å². The first-order valence-corrected chi connectivity index (χ1v) is 8.03. The molecule has 0 saturated carbocycles. The quantitative estimate of drug-likeness (QED) is 0.860. The zero-order chi connectivity index (χ0) is 16.2. The van der Waals surface area contributed by atoms with E-state index in [9.17, 15) is 9.18 Å². The zero-order valence-corrected chi connectivity index (χ0v) is 13.5. The highest BCUT2D eigenvalue weighted by Crippen LogP contribution is 2.21. The summed E-state index contributed by atoms with van der Waals surface area (Å²) < 4.78 is 13.8. The summed E-state index contributed by atoms with van der Waals surface area (Å²) in [6, 6.07) is 14.6. The molecule has 0 spiro atoms. The number of rotatable bonds is 3. The Bertz CT molecular complexity index is 664. The van der Waals surface area contributed by atoms with Crippen molar-refractivity contribution in [2.45, 2.75) is 6.42 Å². The SMILES string of the molecule is O=C(Cc1c(F)cccc1Cl)N1CCN(c2ccccc2)CC1. The van der Waals surface area contributed by atoms with Gasteiger partial charge in [0, 0.05) is 42.5 Å². The largest absolute Gasteiger partial charge is 0.368 e. The van der Waals surface area contributed by atoms with Crippen LogP contribution in [0.2, 0.25) is 5.02 Å². The predicted molar refractivity (Wildman–Crippen MR) is 90.3 cm³/mol. The Morgan fingerprint density at radius 3 is 2.35 bits per heavy atom. The molecule has 3 nitrogen and oxygen atoms in total. The number of hydrogen-bond acceptors (Lipinski definition) is 2. The summed E-state index contributed by atoms with van der Waals surface area (Å²) in [6.45, 7) is 2.83. The average Bonchev–Trinajstić information content (AvgIpc) is 2.59. The molecule has 120 valence electrons. The van der Waals surface area contributed by atoms with Crippen LogP contribution in [-0.2, 0) is 11.2 Å². The number of amides is 1. The smallest absolute Gasteiger partial charge is 0.227 e. The van der Waals surface area contributed by atoms with Gasteiger partial charge in [0.25, 0.3) is 0 Å². The third-order valence-corrected chi connectivity index (χ3v) is 4.50. The maximum absolute atomic E-state index is 13.8. The normalized spacial score (nSPS) is 14.9. The molecule has 0 aromatic heterocycles. The Morgan fingerprint density at radius 2 is 1.70 bits per heavy atom. The van der Waals surface area contributed by atoms with Gasteiger partial charge in [-0.3, -0.25) is 4.79 Å². The van der Waals surface area contributed by atoms with Crippen molar-refractivity contribution in [1.29, 1.82) is 0 Å². The summed E-state index contributed by atoms with van der Waals surface area (Å²) in [4.78, 5) is 16.4. The second kappa shape index (κ2) is 7.01. The van der Waals surface area contributed by atoms with Crippen molar-refractivity contribution in [2.24, 2.45) is 0 Å². The predicted octanol–water partition coefficient (Wildman–Crippen LogP) is 3.37. The van der Waals surface area contributed by atoms with Gasteiger partial charge in [-0.2, -0.15) is 0 Å². The van der Waals surface area contributed by atoms with Gasteiger partial charge in [-0.1, -0.05) is 35.9 Å². The molecule has 1 amide bonds. The third-order valence-electron chi connectivity index (χ3n) is 4.14. The Kier molecular flexibility index (Phi) is 4.82. The molecule has 1 saturated heterocycles. The molecule has 2 aromatic carbocycles. The van der Waals surface area contributed by atoms with Crippen LogP contribution in [0.5, 0.6) is 0 Å². The van der Waals surface area contributed by atoms with Crippen molar-refractivity contribution in [1.82, 2.24) is 4.90 Å². The van der Waals surface area contributed by atoms with Crippen molar-refractivity contribution < 1.29 is 9.18 Å². The minimum atomic E-state index is -0.422. The fourth-order valence-electron chi connectivity index (χ4n) is 2.82. The Labute approximate surface area is 140 Å². The van der Waals surface area contributed by atoms with Gasteiger partial charge in [0.15, 0.2) is 0 Å². The first kappa shape index (κ1) is 15.8. The van der Waals surface area contributed by atoms with Crippen molar-refractivity contribution in [3.05, 3.63) is 64.9 Å². The van der Waals surface area contributed by atoms with E-state index >= 15 is 0 Å². The number of piperazine rings is 1. The standard InChI is InChI=1S/C18H18ClFN2O/c19-16-7-4-8-17(20)15(16)13-18(23)22-11-9-21(10-12-22)14-5-2-1-3-6-14/h1-8H,9-13H2. The lowest BCUT2D eigenvalue weighted by atomic mass is 10.1. The molecule has 1 heterocycles. The van der Waals surface area contributed by atoms with Crippen molar-refractivity contribution >= 4 is 23.2 Å². The van der Waals surface area contributed by atoms with E-state index in [1.54, 1.807) is 17.0 Å². The van der Waals surface area contributed by atoms with Crippen LogP contribution in [0.25, 0.3) is 0 Å². The number of anilines is 1. The van der Waals surface area contributed by atoms with E-state index < -0.39 is 5.82 Å². The molecule has 0 atom stereocenters. The first-order valence-electron chi connectivity index (χ1n) is 7.66. The van der Waals surface area contributed by atoms with Gasteiger partial charge in [0.2, 0.25) is 5.91 Å². The second-order valence-corrected chi connectivity index (χ2v) is 5.99. The van der Waals surface area contributed by atoms with Gasteiger partial charge in [-0.15, -0.1) is 0 Å². The van der Waals surface area contributed by atoms with Crippen LogP contribution in [0.15, 0.2) is 48.5 Å². The van der Waals surface area contributed by atoms with Crippen LogP contribution in [0, 0.1) is 5.82 Å². The molecular formula is C18H18ClFN2O. The number of para-hydroxylation sites is 1. The lowest BCUT2D eigenvalue weighted by molar-refractivity contribution is -0.130. The minimum Gasteiger partial charge on any atom is -0.368 e. The minimum absolute atomic E-state index is 0.0108. The molecule has 23 heavy (non-hydrogen) atoms. The Hall–Kier alpha value is -2.07. The monoisotopic (exact) mass is 332 g/mol. The van der Waals surface area contributed by atoms with E-state index in [4.69, 9.17) is 11.6 Å². The first-order chi connectivity index (χ1) is 11.1. The molecule has 1 aliphatic rings. The van der Waals surface area contributed by atoms with Gasteiger partial charge in [0.05, 0.1) is 6.42 Å². The van der Waals surface area contributed by atoms with Crippen molar-refractivity contribution in [3.8, 4) is 0 Å². The summed E-state index contributed by atoms with van der Waals surface area (Å²) in [5, 5.41) is 0.307. The molecular weight excluding hydrogens is 315 g/mol. The van der Waals surface area contributed by atoms with E-state index in [0.717, 1.165) is 18.8 Å². The van der Waals surface area contributed by atoms with Gasteiger partial charge in [-0.25, -0.2) is 4.39 Å². The Balaban J connectivity index is 1.60. The van der Waals surface area contributed by atoms with E-state index in [0.29, 0.717) is 18.1 Å². The summed E-state index contributed by atoms with van der Waals surface area (Å²) in [7, 11) is 0. The van der Waals surface area contributed by atoms with Crippen molar-refractivity contribution in [2.75, 3.05) is 31.1 Å². The summed E-state index contributed by atoms with van der Waals surface area (Å²) in [6.07, 6.45) is 0.0108. The van der Waals surface area contributed by atoms with Gasteiger partial charge in [-0.05, 0) is 24.3 Å². The Morgan fingerprint density at radius 1 is 1.00 bits per heavy atom. The number of halogens is 2. The fourth-order valence-corrected chi connectivity index (χ4v) is 3.05. The zero-order valence-electron chi connectivity index (χ0n) is 12.7. The summed E-state index contributed by atoms with van der Waals surface area (Å²) in [5.41, 5.74) is 1.45. The maximum Gasteiger partial charge on any atom is 0.227 e. The molecule has 1 aliphatic heterocycles. The topological polar surface area (TPSA) is 23.6 Å². The van der Waals surface area contributed by atoms with Gasteiger partial charge >= 0.3 is 0 Å². The highest BCUT2D eigenvalue weighted by atomic mass is 35.5. The molecule has 0 aliphatic carbocycles. The number of benzene rings is 2. The number of carbonyl (C=O) groups is 1. The van der Waals surface area contributed by atoms with Crippen LogP contribution < -0.4 is 4.90 Å². The van der Waals surface area contributed by atoms with Gasteiger partial charge < -0.3 is 9.80 Å². The molecule has 5 heteroatoms. The molecule has 2 aromatic rings. The van der Waals surface area contributed by atoms with E-state index in [2.05, 4.69) is 17.0 Å². The average molecular weight is 333 g/mol. The number of carbonyl (C=O) groups excluding carboxylic acids is 1. The molecule has 0 bridgehead atoms. The number of hydrogen-bond donors (Lipinski definition) is 0. The van der Waals surface area contributed by atoms with Crippen molar-refractivity contribution in [3.63, 3.8) is 0 Å². The molecule has 0 N–H and O–H groups in total. The number of nitrogens with zero attached hydrogens (tertiary/aromatic N) is 2. The molecule has 1 fully saturated rings. The van der Waals surface area contributed by atoms with Crippen LogP contribution in [0.4, 0.5) is 10.1 Å². The summed E-state index contributed by atoms with van der Waals surface area (Å²) in [5.74, 6) is -0.501. The molecule has 3 rings (SSSR count). The lowest BCUT2D eigenvalue weighted by Gasteiger charge is -2.36. The summed E-state index contributed by atoms with van der Waals surface area (Å²) >= 11 is 6.00. The fraction of sp³-hybridized carbons (Fsp3) is 0.278. The molecule has 0 unspecified atom stereocenters. The van der Waals surface area contributed by atoms with Gasteiger partial charge in [0.1, 0.15) is 5.82 Å². The van der Waals surface area contributed by atoms with E-state index in [-0.39, 0.29) is 17.9 Å². The van der Waals surface area contributed by atoms with Crippen LogP contribution in [0.3, 0.4) is 0 Å². The lowest BCUT2D eigenvalue weighted by Crippen LogP contribution is -2.49. The maximum atomic E-state index is 13.8. The van der Waals surface area contributed by atoms with Crippen LogP contribution in [-0.4, -0.2) is 37.0 Å². The second-order valence-electron chi connectivity index (χ2n) is 5.58. The molecule has 0 radical (unpaired) electrons. The highest BCUT2D eigenvalue weighted by molar-refractivity contribution is 6.31. The van der Waals surface area contributed by atoms with Crippen LogP contribution in [0.1, 0.15) is 5.56 Å². The van der Waals surface area contributed by atoms with E-state index in [1.807, 2.05) is 18.2 Å².